The van der Waals surface area contributed by atoms with Crippen LogP contribution in [0.4, 0.5) is 15.9 Å². The van der Waals surface area contributed by atoms with Gasteiger partial charge >= 0.3 is 0 Å². The van der Waals surface area contributed by atoms with E-state index in [1.165, 1.54) is 30.9 Å². The molecule has 2 atom stereocenters. The highest BCUT2D eigenvalue weighted by molar-refractivity contribution is 5.73. The lowest BCUT2D eigenvalue weighted by atomic mass is 9.86. The van der Waals surface area contributed by atoms with Crippen LogP contribution in [0.25, 0.3) is 11.3 Å². The summed E-state index contributed by atoms with van der Waals surface area (Å²) >= 11 is 0. The number of aromatic nitrogens is 2. The van der Waals surface area contributed by atoms with Crippen LogP contribution in [0.5, 0.6) is 0 Å². The van der Waals surface area contributed by atoms with Crippen molar-refractivity contribution in [1.82, 2.24) is 20.6 Å². The maximum atomic E-state index is 13.3. The second-order valence-corrected chi connectivity index (χ2v) is 11.3. The van der Waals surface area contributed by atoms with Crippen LogP contribution in [-0.2, 0) is 23.2 Å². The highest BCUT2D eigenvalue weighted by atomic mass is 19.1. The van der Waals surface area contributed by atoms with Gasteiger partial charge in [0.2, 0.25) is 5.91 Å². The summed E-state index contributed by atoms with van der Waals surface area (Å²) in [7, 11) is 0. The minimum Gasteiger partial charge on any atom is -0.390 e. The average molecular weight is 556 g/mol. The quantitative estimate of drug-likeness (QED) is 0.195. The van der Waals surface area contributed by atoms with Gasteiger partial charge < -0.3 is 21.1 Å². The van der Waals surface area contributed by atoms with Crippen molar-refractivity contribution in [2.24, 2.45) is 0 Å². The number of aliphatic hydroxyl groups is 1. The number of carbonyl (C=O) groups excluding carboxylic acids is 1. The third-order valence-corrected chi connectivity index (χ3v) is 6.82. The van der Waals surface area contributed by atoms with Crippen molar-refractivity contribution in [2.45, 2.75) is 58.2 Å². The second kappa shape index (κ2) is 13.5. The van der Waals surface area contributed by atoms with Gasteiger partial charge in [-0.15, -0.1) is 0 Å². The van der Waals surface area contributed by atoms with Crippen LogP contribution < -0.4 is 16.0 Å². The largest absolute Gasteiger partial charge is 0.390 e. The summed E-state index contributed by atoms with van der Waals surface area (Å²) in [6.45, 7) is 8.98. The maximum Gasteiger partial charge on any atom is 0.217 e. The SMILES string of the molecule is CC(=O)N[C@@H](Cc1ccc(Nc2cc(-c3ccc(F)cc3)ncn2)cc1)[C@@H](O)CNCc1cccc(C(C)(C)C)c1. The molecule has 1 amide bonds. The number of hydrogen-bond donors (Lipinski definition) is 4. The summed E-state index contributed by atoms with van der Waals surface area (Å²) in [6.07, 6.45) is 1.17. The standard InChI is InChI=1S/C33H38FN5O2/c1-22(40)38-30(31(41)20-35-19-24-6-5-7-26(16-24)33(2,3)4)17-23-8-14-28(15-9-23)39-32-18-29(36-21-37-32)25-10-12-27(34)13-11-25/h5-16,18,21,30-31,35,41H,17,19-20H2,1-4H3,(H,38,40)(H,36,37,39)/t30-,31-/m0/s1. The van der Waals surface area contributed by atoms with E-state index in [4.69, 9.17) is 0 Å². The minimum absolute atomic E-state index is 0.0683. The molecule has 0 bridgehead atoms. The molecule has 4 N–H and O–H groups in total. The molecule has 0 fully saturated rings. The van der Waals surface area contributed by atoms with E-state index in [9.17, 15) is 14.3 Å². The molecule has 0 unspecified atom stereocenters. The van der Waals surface area contributed by atoms with E-state index in [0.717, 1.165) is 22.4 Å². The van der Waals surface area contributed by atoms with Gasteiger partial charge in [-0.1, -0.05) is 57.2 Å². The fraction of sp³-hybridized carbons (Fsp3) is 0.303. The van der Waals surface area contributed by atoms with E-state index in [0.29, 0.717) is 31.0 Å². The lowest BCUT2D eigenvalue weighted by Gasteiger charge is -2.24. The van der Waals surface area contributed by atoms with Crippen LogP contribution in [0, 0.1) is 5.82 Å². The normalized spacial score (nSPS) is 12.9. The van der Waals surface area contributed by atoms with Gasteiger partial charge in [-0.3, -0.25) is 4.79 Å². The van der Waals surface area contributed by atoms with E-state index >= 15 is 0 Å². The number of amides is 1. The van der Waals surface area contributed by atoms with E-state index in [2.05, 4.69) is 71.0 Å². The highest BCUT2D eigenvalue weighted by Crippen LogP contribution is 2.23. The Hall–Kier alpha value is -4.14. The zero-order chi connectivity index (χ0) is 29.4. The van der Waals surface area contributed by atoms with Crippen molar-refractivity contribution in [1.29, 1.82) is 0 Å². The molecule has 41 heavy (non-hydrogen) atoms. The molecule has 7 nitrogen and oxygen atoms in total. The van der Waals surface area contributed by atoms with Crippen molar-refractivity contribution in [3.8, 4) is 11.3 Å². The molecule has 4 rings (SSSR count). The number of benzene rings is 3. The number of halogens is 1. The molecule has 3 aromatic carbocycles. The van der Waals surface area contributed by atoms with Crippen LogP contribution in [0.1, 0.15) is 44.4 Å². The first-order valence-electron chi connectivity index (χ1n) is 13.8. The van der Waals surface area contributed by atoms with Gasteiger partial charge in [0, 0.05) is 37.3 Å². The van der Waals surface area contributed by atoms with Crippen LogP contribution in [0.15, 0.2) is 85.2 Å². The van der Waals surface area contributed by atoms with Gasteiger partial charge in [0.05, 0.1) is 17.8 Å². The number of rotatable bonds is 11. The second-order valence-electron chi connectivity index (χ2n) is 11.3. The van der Waals surface area contributed by atoms with E-state index in [1.807, 2.05) is 24.3 Å². The molecule has 0 spiro atoms. The van der Waals surface area contributed by atoms with Crippen LogP contribution in [-0.4, -0.2) is 39.7 Å². The van der Waals surface area contributed by atoms with Gasteiger partial charge in [-0.05, 0) is 64.9 Å². The molecular weight excluding hydrogens is 517 g/mol. The zero-order valence-corrected chi connectivity index (χ0v) is 24.0. The molecule has 0 saturated carbocycles. The van der Waals surface area contributed by atoms with E-state index in [1.54, 1.807) is 18.2 Å². The fourth-order valence-corrected chi connectivity index (χ4v) is 4.53. The van der Waals surface area contributed by atoms with Crippen molar-refractivity contribution in [3.63, 3.8) is 0 Å². The number of anilines is 2. The molecular formula is C33H38FN5O2. The monoisotopic (exact) mass is 555 g/mol. The smallest absolute Gasteiger partial charge is 0.217 e. The number of hydrogen-bond acceptors (Lipinski definition) is 6. The van der Waals surface area contributed by atoms with Crippen LogP contribution in [0.3, 0.4) is 0 Å². The summed E-state index contributed by atoms with van der Waals surface area (Å²) in [4.78, 5) is 20.5. The van der Waals surface area contributed by atoms with E-state index in [-0.39, 0.29) is 17.1 Å². The Kier molecular flexibility index (Phi) is 9.81. The highest BCUT2D eigenvalue weighted by Gasteiger charge is 2.21. The van der Waals surface area contributed by atoms with Gasteiger partial charge in [-0.2, -0.15) is 0 Å². The predicted molar refractivity (Wildman–Crippen MR) is 161 cm³/mol. The zero-order valence-electron chi connectivity index (χ0n) is 24.0. The molecule has 4 aromatic rings. The Morgan fingerprint density at radius 3 is 2.37 bits per heavy atom. The first-order valence-corrected chi connectivity index (χ1v) is 13.8. The molecule has 0 radical (unpaired) electrons. The first kappa shape index (κ1) is 29.8. The summed E-state index contributed by atoms with van der Waals surface area (Å²) in [5.41, 5.74) is 5.76. The number of nitrogens with one attached hydrogen (secondary N) is 3. The Morgan fingerprint density at radius 1 is 0.951 bits per heavy atom. The minimum atomic E-state index is -0.770. The topological polar surface area (TPSA) is 99.2 Å². The summed E-state index contributed by atoms with van der Waals surface area (Å²) < 4.78 is 13.3. The predicted octanol–water partition coefficient (Wildman–Crippen LogP) is 5.52. The van der Waals surface area contributed by atoms with E-state index < -0.39 is 12.1 Å². The van der Waals surface area contributed by atoms with Crippen molar-refractivity contribution in [3.05, 3.63) is 108 Å². The fourth-order valence-electron chi connectivity index (χ4n) is 4.53. The molecule has 0 aliphatic carbocycles. The molecule has 8 heteroatoms. The Balaban J connectivity index is 1.35. The van der Waals surface area contributed by atoms with Gasteiger partial charge in [0.1, 0.15) is 18.0 Å². The first-order chi connectivity index (χ1) is 19.6. The average Bonchev–Trinajstić information content (AvgIpc) is 2.94. The number of carbonyl (C=O) groups is 1. The third kappa shape index (κ3) is 8.93. The number of nitrogens with zero attached hydrogens (tertiary/aromatic N) is 2. The number of aliphatic hydroxyl groups excluding tert-OH is 1. The van der Waals surface area contributed by atoms with Crippen LogP contribution >= 0.6 is 0 Å². The molecule has 0 aliphatic rings. The van der Waals surface area contributed by atoms with Gasteiger partial charge in [-0.25, -0.2) is 14.4 Å². The summed E-state index contributed by atoms with van der Waals surface area (Å²) in [6, 6.07) is 23.7. The summed E-state index contributed by atoms with van der Waals surface area (Å²) in [5, 5.41) is 20.4. The van der Waals surface area contributed by atoms with Gasteiger partial charge in [0.25, 0.3) is 0 Å². The van der Waals surface area contributed by atoms with Crippen molar-refractivity contribution in [2.75, 3.05) is 11.9 Å². The Morgan fingerprint density at radius 2 is 1.68 bits per heavy atom. The molecule has 0 saturated heterocycles. The lowest BCUT2D eigenvalue weighted by Crippen LogP contribution is -2.48. The molecule has 1 aromatic heterocycles. The Labute approximate surface area is 241 Å². The third-order valence-electron chi connectivity index (χ3n) is 6.82. The Bertz CT molecular complexity index is 1440. The summed E-state index contributed by atoms with van der Waals surface area (Å²) in [5.74, 6) is 0.122. The van der Waals surface area contributed by atoms with Gasteiger partial charge in [0.15, 0.2) is 0 Å². The van der Waals surface area contributed by atoms with Crippen molar-refractivity contribution >= 4 is 17.4 Å². The maximum absolute atomic E-state index is 13.3. The van der Waals surface area contributed by atoms with Crippen molar-refractivity contribution < 1.29 is 14.3 Å². The molecule has 214 valence electrons. The lowest BCUT2D eigenvalue weighted by molar-refractivity contribution is -0.120. The molecule has 0 aliphatic heterocycles. The van der Waals surface area contributed by atoms with Crippen LogP contribution in [0.2, 0.25) is 0 Å². The molecule has 1 heterocycles.